The van der Waals surface area contributed by atoms with Gasteiger partial charge in [-0.25, -0.2) is 0 Å². The first-order chi connectivity index (χ1) is 17.4. The van der Waals surface area contributed by atoms with Crippen LogP contribution in [0.15, 0.2) is 48.5 Å². The molecule has 1 N–H and O–H groups in total. The number of rotatable bonds is 14. The minimum atomic E-state index is -0.0256. The zero-order valence-corrected chi connectivity index (χ0v) is 22.3. The SMILES string of the molecule is CN(C)CCNC(=O)CN1CCN(CCCCCOc2ccc(C(=O)c3ccc(Cl)cc3)cc2)CC1. The summed E-state index contributed by atoms with van der Waals surface area (Å²) in [5, 5.41) is 3.60. The lowest BCUT2D eigenvalue weighted by Crippen LogP contribution is -2.49. The largest absolute Gasteiger partial charge is 0.494 e. The maximum atomic E-state index is 12.5. The molecule has 1 aliphatic heterocycles. The molecule has 1 aliphatic rings. The number of hydrogen-bond acceptors (Lipinski definition) is 6. The predicted octanol–water partition coefficient (Wildman–Crippen LogP) is 3.42. The summed E-state index contributed by atoms with van der Waals surface area (Å²) in [6, 6.07) is 14.2. The minimum absolute atomic E-state index is 0.0256. The molecule has 0 atom stereocenters. The molecule has 36 heavy (non-hydrogen) atoms. The number of carbonyl (C=O) groups excluding carboxylic acids is 2. The Morgan fingerprint density at radius 3 is 2.14 bits per heavy atom. The summed E-state index contributed by atoms with van der Waals surface area (Å²) in [7, 11) is 4.01. The topological polar surface area (TPSA) is 65.1 Å². The molecule has 1 fully saturated rings. The Hall–Kier alpha value is -2.45. The molecule has 0 saturated carbocycles. The first-order valence-corrected chi connectivity index (χ1v) is 13.2. The highest BCUT2D eigenvalue weighted by Gasteiger charge is 2.18. The van der Waals surface area contributed by atoms with Gasteiger partial charge in [0.25, 0.3) is 0 Å². The smallest absolute Gasteiger partial charge is 0.234 e. The number of piperazine rings is 1. The quantitative estimate of drug-likeness (QED) is 0.308. The number of unbranched alkanes of at least 4 members (excludes halogenated alkanes) is 2. The summed E-state index contributed by atoms with van der Waals surface area (Å²) >= 11 is 5.90. The third-order valence-corrected chi connectivity index (χ3v) is 6.58. The molecule has 1 heterocycles. The molecule has 1 amide bonds. The molecule has 2 aromatic rings. The number of benzene rings is 2. The fraction of sp³-hybridized carbons (Fsp3) is 0.500. The van der Waals surface area contributed by atoms with Gasteiger partial charge in [0.2, 0.25) is 5.91 Å². The average molecular weight is 515 g/mol. The van der Waals surface area contributed by atoms with Gasteiger partial charge in [-0.2, -0.15) is 0 Å². The van der Waals surface area contributed by atoms with E-state index in [4.69, 9.17) is 16.3 Å². The van der Waals surface area contributed by atoms with Crippen molar-refractivity contribution in [1.29, 1.82) is 0 Å². The molecule has 196 valence electrons. The Morgan fingerprint density at radius 2 is 1.50 bits per heavy atom. The molecule has 0 aromatic heterocycles. The van der Waals surface area contributed by atoms with Gasteiger partial charge in [0, 0.05) is 55.4 Å². The Balaban J connectivity index is 1.23. The molecule has 3 rings (SSSR count). The lowest BCUT2D eigenvalue weighted by atomic mass is 10.0. The fourth-order valence-corrected chi connectivity index (χ4v) is 4.25. The van der Waals surface area contributed by atoms with Gasteiger partial charge in [0.05, 0.1) is 13.2 Å². The fourth-order valence-electron chi connectivity index (χ4n) is 4.12. The van der Waals surface area contributed by atoms with Crippen LogP contribution in [0, 0.1) is 0 Å². The lowest BCUT2D eigenvalue weighted by Gasteiger charge is -2.34. The van der Waals surface area contributed by atoms with Gasteiger partial charge in [-0.05, 0) is 88.4 Å². The highest BCUT2D eigenvalue weighted by atomic mass is 35.5. The van der Waals surface area contributed by atoms with Gasteiger partial charge in [-0.1, -0.05) is 11.6 Å². The van der Waals surface area contributed by atoms with E-state index in [1.807, 2.05) is 26.2 Å². The Bertz CT molecular complexity index is 942. The van der Waals surface area contributed by atoms with Crippen LogP contribution in [0.3, 0.4) is 0 Å². The third-order valence-electron chi connectivity index (χ3n) is 6.32. The molecular formula is C28H39ClN4O3. The average Bonchev–Trinajstić information content (AvgIpc) is 2.87. The predicted molar refractivity (Wildman–Crippen MR) is 145 cm³/mol. The lowest BCUT2D eigenvalue weighted by molar-refractivity contribution is -0.122. The Kier molecular flexibility index (Phi) is 11.7. The van der Waals surface area contributed by atoms with E-state index in [2.05, 4.69) is 20.0 Å². The molecule has 0 aliphatic carbocycles. The number of halogens is 1. The van der Waals surface area contributed by atoms with E-state index in [-0.39, 0.29) is 11.7 Å². The van der Waals surface area contributed by atoms with E-state index in [9.17, 15) is 9.59 Å². The Morgan fingerprint density at radius 1 is 0.889 bits per heavy atom. The van der Waals surface area contributed by atoms with Crippen LogP contribution in [0.1, 0.15) is 35.2 Å². The normalized spacial score (nSPS) is 14.7. The molecular weight excluding hydrogens is 476 g/mol. The van der Waals surface area contributed by atoms with E-state index in [0.717, 1.165) is 64.3 Å². The second kappa shape index (κ2) is 15.0. The van der Waals surface area contributed by atoms with Crippen molar-refractivity contribution in [3.63, 3.8) is 0 Å². The number of amides is 1. The zero-order chi connectivity index (χ0) is 25.8. The second-order valence-corrected chi connectivity index (χ2v) is 9.98. The number of nitrogens with one attached hydrogen (secondary N) is 1. The summed E-state index contributed by atoms with van der Waals surface area (Å²) < 4.78 is 5.86. The van der Waals surface area contributed by atoms with Crippen LogP contribution in [-0.4, -0.2) is 99.5 Å². The van der Waals surface area contributed by atoms with Crippen LogP contribution in [-0.2, 0) is 4.79 Å². The standard InChI is InChI=1S/C28H39ClN4O3/c1-31(2)16-14-30-27(34)22-33-19-17-32(18-20-33)15-4-3-5-21-36-26-12-8-24(9-13-26)28(35)23-6-10-25(29)11-7-23/h6-13H,3-5,14-22H2,1-2H3,(H,30,34). The van der Waals surface area contributed by atoms with Crippen LogP contribution in [0.25, 0.3) is 0 Å². The summed E-state index contributed by atoms with van der Waals surface area (Å²) in [5.74, 6) is 0.875. The van der Waals surface area contributed by atoms with Crippen LogP contribution in [0.4, 0.5) is 0 Å². The van der Waals surface area contributed by atoms with Crippen molar-refractivity contribution in [1.82, 2.24) is 20.0 Å². The van der Waals surface area contributed by atoms with Gasteiger partial charge in [0.15, 0.2) is 5.78 Å². The van der Waals surface area contributed by atoms with Crippen LogP contribution < -0.4 is 10.1 Å². The van der Waals surface area contributed by atoms with Crippen LogP contribution in [0.2, 0.25) is 5.02 Å². The van der Waals surface area contributed by atoms with Gasteiger partial charge < -0.3 is 19.9 Å². The van der Waals surface area contributed by atoms with Gasteiger partial charge in [-0.15, -0.1) is 0 Å². The van der Waals surface area contributed by atoms with E-state index < -0.39 is 0 Å². The Labute approximate surface area is 220 Å². The number of carbonyl (C=O) groups is 2. The highest BCUT2D eigenvalue weighted by Crippen LogP contribution is 2.17. The number of nitrogens with zero attached hydrogens (tertiary/aromatic N) is 3. The molecule has 0 spiro atoms. The van der Waals surface area contributed by atoms with Crippen molar-refractivity contribution in [2.24, 2.45) is 0 Å². The van der Waals surface area contributed by atoms with Crippen molar-refractivity contribution in [2.75, 3.05) is 73.1 Å². The van der Waals surface area contributed by atoms with Crippen LogP contribution >= 0.6 is 11.6 Å². The molecule has 7 nitrogen and oxygen atoms in total. The van der Waals surface area contributed by atoms with Crippen LogP contribution in [0.5, 0.6) is 5.75 Å². The van der Waals surface area contributed by atoms with E-state index >= 15 is 0 Å². The van der Waals surface area contributed by atoms with Crippen molar-refractivity contribution in [3.05, 3.63) is 64.7 Å². The first-order valence-electron chi connectivity index (χ1n) is 12.8. The second-order valence-electron chi connectivity index (χ2n) is 9.54. The third kappa shape index (κ3) is 9.90. The van der Waals surface area contributed by atoms with E-state index in [1.54, 1.807) is 36.4 Å². The number of ketones is 1. The van der Waals surface area contributed by atoms with Crippen molar-refractivity contribution < 1.29 is 14.3 Å². The van der Waals surface area contributed by atoms with E-state index in [1.165, 1.54) is 0 Å². The van der Waals surface area contributed by atoms with Crippen molar-refractivity contribution in [2.45, 2.75) is 19.3 Å². The number of likely N-dealkylation sites (N-methyl/N-ethyl adjacent to an activating group) is 1. The molecule has 8 heteroatoms. The number of ether oxygens (including phenoxy) is 1. The zero-order valence-electron chi connectivity index (χ0n) is 21.5. The maximum Gasteiger partial charge on any atom is 0.234 e. The van der Waals surface area contributed by atoms with Crippen molar-refractivity contribution in [3.8, 4) is 5.75 Å². The number of hydrogen-bond donors (Lipinski definition) is 1. The van der Waals surface area contributed by atoms with Gasteiger partial charge >= 0.3 is 0 Å². The molecule has 2 aromatic carbocycles. The minimum Gasteiger partial charge on any atom is -0.494 e. The highest BCUT2D eigenvalue weighted by molar-refractivity contribution is 6.30. The van der Waals surface area contributed by atoms with Gasteiger partial charge in [0.1, 0.15) is 5.75 Å². The molecule has 0 bridgehead atoms. The van der Waals surface area contributed by atoms with E-state index in [0.29, 0.717) is 35.8 Å². The summed E-state index contributed by atoms with van der Waals surface area (Å²) in [6.45, 7) is 7.74. The summed E-state index contributed by atoms with van der Waals surface area (Å²) in [5.41, 5.74) is 1.25. The maximum absolute atomic E-state index is 12.5. The molecule has 0 unspecified atom stereocenters. The first kappa shape index (κ1) is 28.1. The van der Waals surface area contributed by atoms with Gasteiger partial charge in [-0.3, -0.25) is 14.5 Å². The monoisotopic (exact) mass is 514 g/mol. The van der Waals surface area contributed by atoms with Crippen molar-refractivity contribution >= 4 is 23.3 Å². The molecule has 0 radical (unpaired) electrons. The molecule has 1 saturated heterocycles. The summed E-state index contributed by atoms with van der Waals surface area (Å²) in [6.07, 6.45) is 3.25. The summed E-state index contributed by atoms with van der Waals surface area (Å²) in [4.78, 5) is 31.4.